The number of rotatable bonds is 6. The van der Waals surface area contributed by atoms with Crippen molar-refractivity contribution in [3.63, 3.8) is 0 Å². The second kappa shape index (κ2) is 10.0. The highest BCUT2D eigenvalue weighted by atomic mass is 79.9. The zero-order valence-corrected chi connectivity index (χ0v) is 19.7. The van der Waals surface area contributed by atoms with Gasteiger partial charge in [0.05, 0.1) is 12.3 Å². The number of aliphatic imine (C=N–C) groups is 1. The van der Waals surface area contributed by atoms with Crippen LogP contribution >= 0.6 is 27.7 Å². The van der Waals surface area contributed by atoms with E-state index >= 15 is 0 Å². The Labute approximate surface area is 192 Å². The number of hydrogen-bond acceptors (Lipinski definition) is 6. The molecule has 7 nitrogen and oxygen atoms in total. The number of nitrogens with zero attached hydrogens (tertiary/aromatic N) is 3. The summed E-state index contributed by atoms with van der Waals surface area (Å²) in [6.45, 7) is 2.46. The van der Waals surface area contributed by atoms with Gasteiger partial charge in [0.2, 0.25) is 5.88 Å². The summed E-state index contributed by atoms with van der Waals surface area (Å²) in [6.07, 6.45) is 0. The largest absolute Gasteiger partial charge is 0.494 e. The third-order valence-corrected chi connectivity index (χ3v) is 6.09. The van der Waals surface area contributed by atoms with Gasteiger partial charge in [-0.05, 0) is 48.9 Å². The molecule has 0 bridgehead atoms. The summed E-state index contributed by atoms with van der Waals surface area (Å²) < 4.78 is 8.42. The van der Waals surface area contributed by atoms with E-state index in [9.17, 15) is 14.7 Å². The fourth-order valence-electron chi connectivity index (χ4n) is 2.81. The molecule has 0 aliphatic carbocycles. The fraction of sp³-hybridized carbons (Fsp3) is 0.227. The van der Waals surface area contributed by atoms with Crippen LogP contribution in [0.15, 0.2) is 67.6 Å². The molecule has 0 unspecified atom stereocenters. The fourth-order valence-corrected chi connectivity index (χ4v) is 4.07. The minimum atomic E-state index is -0.607. The van der Waals surface area contributed by atoms with Crippen LogP contribution in [0.1, 0.15) is 18.1 Å². The summed E-state index contributed by atoms with van der Waals surface area (Å²) in [6, 6.07) is 14.9. The minimum absolute atomic E-state index is 0.0133. The lowest BCUT2D eigenvalue weighted by Crippen LogP contribution is -2.39. The summed E-state index contributed by atoms with van der Waals surface area (Å²) in [5, 5.41) is 10.9. The van der Waals surface area contributed by atoms with Crippen molar-refractivity contribution in [2.75, 3.05) is 6.61 Å². The summed E-state index contributed by atoms with van der Waals surface area (Å²) in [5.41, 5.74) is 0.393. The van der Waals surface area contributed by atoms with Crippen molar-refractivity contribution in [3.8, 4) is 11.6 Å². The molecule has 31 heavy (non-hydrogen) atoms. The molecule has 9 heteroatoms. The normalized spacial score (nSPS) is 11.5. The Hall–Kier alpha value is -2.78. The average Bonchev–Trinajstić information content (AvgIpc) is 2.77. The van der Waals surface area contributed by atoms with Crippen LogP contribution in [0.25, 0.3) is 0 Å². The Balaban J connectivity index is 2.07. The van der Waals surface area contributed by atoms with Gasteiger partial charge >= 0.3 is 5.69 Å². The zero-order chi connectivity index (χ0) is 22.5. The summed E-state index contributed by atoms with van der Waals surface area (Å²) in [4.78, 5) is 29.6. The minimum Gasteiger partial charge on any atom is -0.494 e. The smallest absolute Gasteiger partial charge is 0.333 e. The van der Waals surface area contributed by atoms with Crippen LogP contribution in [-0.2, 0) is 19.8 Å². The maximum absolute atomic E-state index is 12.9. The first kappa shape index (κ1) is 22.9. The third-order valence-electron chi connectivity index (χ3n) is 4.51. The second-order valence-corrected chi connectivity index (χ2v) is 8.54. The van der Waals surface area contributed by atoms with Crippen LogP contribution in [0.3, 0.4) is 0 Å². The first-order valence-corrected chi connectivity index (χ1v) is 11.3. The molecule has 3 aromatic rings. The number of hydrogen-bond donors (Lipinski definition) is 1. The van der Waals surface area contributed by atoms with Gasteiger partial charge in [-0.1, -0.05) is 28.1 Å². The molecule has 0 aliphatic rings. The van der Waals surface area contributed by atoms with Crippen LogP contribution in [0.4, 0.5) is 5.69 Å². The van der Waals surface area contributed by atoms with E-state index in [4.69, 9.17) is 4.74 Å². The second-order valence-electron chi connectivity index (χ2n) is 6.66. The number of thioether (sulfide) groups is 1. The van der Waals surface area contributed by atoms with Gasteiger partial charge in [-0.2, -0.15) is 0 Å². The van der Waals surface area contributed by atoms with Crippen molar-refractivity contribution in [2.45, 2.75) is 12.7 Å². The molecule has 1 heterocycles. The van der Waals surface area contributed by atoms with E-state index in [1.807, 2.05) is 31.2 Å². The van der Waals surface area contributed by atoms with Gasteiger partial charge in [0.15, 0.2) is 0 Å². The molecule has 0 spiro atoms. The molecule has 3 rings (SSSR count). The van der Waals surface area contributed by atoms with Crippen LogP contribution in [0.2, 0.25) is 0 Å². The standard InChI is InChI=1S/C22H22BrN3O4S/c1-4-30-17-11-9-16(10-12-17)24-19(31-13-14-5-7-15(23)8-6-14)18-20(27)25(2)22(29)26(3)21(18)28/h5-12,27H,4,13H2,1-3H3. The molecule has 0 saturated carbocycles. The molecule has 0 atom stereocenters. The number of aromatic hydroxyl groups is 1. The van der Waals surface area contributed by atoms with Gasteiger partial charge in [-0.3, -0.25) is 13.9 Å². The quantitative estimate of drug-likeness (QED) is 0.406. The molecule has 2 aromatic carbocycles. The third kappa shape index (κ3) is 5.29. The van der Waals surface area contributed by atoms with Crippen molar-refractivity contribution in [2.24, 2.45) is 19.1 Å². The van der Waals surface area contributed by atoms with Gasteiger partial charge in [-0.25, -0.2) is 9.79 Å². The molecular weight excluding hydrogens is 482 g/mol. The molecule has 162 valence electrons. The first-order valence-electron chi connectivity index (χ1n) is 9.50. The molecule has 1 aromatic heterocycles. The Kier molecular flexibility index (Phi) is 7.40. The molecule has 0 saturated heterocycles. The Bertz CT molecular complexity index is 1220. The first-order chi connectivity index (χ1) is 14.8. The lowest BCUT2D eigenvalue weighted by molar-refractivity contribution is 0.340. The van der Waals surface area contributed by atoms with Crippen LogP contribution in [0, 0.1) is 0 Å². The van der Waals surface area contributed by atoms with Gasteiger partial charge in [-0.15, -0.1) is 11.8 Å². The Morgan fingerprint density at radius 3 is 2.32 bits per heavy atom. The van der Waals surface area contributed by atoms with E-state index in [0.717, 1.165) is 19.2 Å². The van der Waals surface area contributed by atoms with E-state index in [-0.39, 0.29) is 5.56 Å². The highest BCUT2D eigenvalue weighted by molar-refractivity contribution is 9.10. The van der Waals surface area contributed by atoms with E-state index in [1.165, 1.54) is 25.9 Å². The average molecular weight is 504 g/mol. The highest BCUT2D eigenvalue weighted by Gasteiger charge is 2.21. The van der Waals surface area contributed by atoms with Crippen LogP contribution < -0.4 is 16.0 Å². The molecule has 0 amide bonds. The van der Waals surface area contributed by atoms with Crippen molar-refractivity contribution in [3.05, 3.63) is 85.0 Å². The maximum atomic E-state index is 12.9. The predicted molar refractivity (Wildman–Crippen MR) is 128 cm³/mol. The molecule has 0 fully saturated rings. The SMILES string of the molecule is CCOc1ccc(N=C(SCc2ccc(Br)cc2)c2c(O)n(C)c(=O)n(C)c2=O)cc1. The molecule has 1 N–H and O–H groups in total. The van der Waals surface area contributed by atoms with Gasteiger partial charge in [0.25, 0.3) is 5.56 Å². The van der Waals surface area contributed by atoms with Gasteiger partial charge < -0.3 is 9.84 Å². The number of ether oxygens (including phenoxy) is 1. The van der Waals surface area contributed by atoms with Crippen molar-refractivity contribution < 1.29 is 9.84 Å². The van der Waals surface area contributed by atoms with Crippen molar-refractivity contribution in [1.29, 1.82) is 0 Å². The Morgan fingerprint density at radius 2 is 1.71 bits per heavy atom. The van der Waals surface area contributed by atoms with Gasteiger partial charge in [0.1, 0.15) is 16.4 Å². The van der Waals surface area contributed by atoms with E-state index < -0.39 is 17.1 Å². The summed E-state index contributed by atoms with van der Waals surface area (Å²) in [7, 11) is 2.79. The molecule has 0 radical (unpaired) electrons. The topological polar surface area (TPSA) is 85.8 Å². The highest BCUT2D eigenvalue weighted by Crippen LogP contribution is 2.27. The maximum Gasteiger partial charge on any atom is 0.333 e. The van der Waals surface area contributed by atoms with Crippen molar-refractivity contribution >= 4 is 38.4 Å². The molecule has 0 aliphatic heterocycles. The number of aromatic nitrogens is 2. The van der Waals surface area contributed by atoms with E-state index in [2.05, 4.69) is 20.9 Å². The van der Waals surface area contributed by atoms with E-state index in [0.29, 0.717) is 28.8 Å². The number of halogens is 1. The predicted octanol–water partition coefficient (Wildman–Crippen LogP) is 3.96. The molecular formula is C22H22BrN3O4S. The monoisotopic (exact) mass is 503 g/mol. The van der Waals surface area contributed by atoms with Crippen molar-refractivity contribution in [1.82, 2.24) is 9.13 Å². The van der Waals surface area contributed by atoms with Crippen LogP contribution in [-0.4, -0.2) is 25.9 Å². The summed E-state index contributed by atoms with van der Waals surface area (Å²) in [5.74, 6) is 0.821. The lowest BCUT2D eigenvalue weighted by atomic mass is 10.2. The lowest BCUT2D eigenvalue weighted by Gasteiger charge is -2.13. The van der Waals surface area contributed by atoms with Gasteiger partial charge in [0, 0.05) is 24.3 Å². The van der Waals surface area contributed by atoms with E-state index in [1.54, 1.807) is 24.3 Å². The zero-order valence-electron chi connectivity index (χ0n) is 17.3. The number of benzene rings is 2. The summed E-state index contributed by atoms with van der Waals surface area (Å²) >= 11 is 4.72. The van der Waals surface area contributed by atoms with Crippen LogP contribution in [0.5, 0.6) is 11.6 Å². The Morgan fingerprint density at radius 1 is 1.06 bits per heavy atom.